The highest BCUT2D eigenvalue weighted by atomic mass is 35.5. The van der Waals surface area contributed by atoms with Gasteiger partial charge >= 0.3 is 0 Å². The molecular weight excluding hydrogens is 256 g/mol. The summed E-state index contributed by atoms with van der Waals surface area (Å²) in [4.78, 5) is 4.39. The molecule has 0 aliphatic heterocycles. The van der Waals surface area contributed by atoms with Crippen LogP contribution in [0.3, 0.4) is 0 Å². The summed E-state index contributed by atoms with van der Waals surface area (Å²) >= 11 is 6.15. The van der Waals surface area contributed by atoms with E-state index in [1.807, 2.05) is 13.0 Å². The van der Waals surface area contributed by atoms with Crippen molar-refractivity contribution in [2.75, 3.05) is 5.73 Å². The molecule has 19 heavy (non-hydrogen) atoms. The van der Waals surface area contributed by atoms with Crippen LogP contribution in [0.5, 0.6) is 0 Å². The number of hydrogen-bond donors (Lipinski definition) is 1. The maximum absolute atomic E-state index is 6.15. The Morgan fingerprint density at radius 2 is 1.68 bits per heavy atom. The quantitative estimate of drug-likeness (QED) is 0.826. The first-order valence-corrected chi connectivity index (χ1v) is 6.70. The molecule has 0 fully saturated rings. The van der Waals surface area contributed by atoms with Crippen molar-refractivity contribution in [1.29, 1.82) is 0 Å². The van der Waals surface area contributed by atoms with Gasteiger partial charge in [-0.05, 0) is 24.0 Å². The Morgan fingerprint density at radius 1 is 1.11 bits per heavy atom. The van der Waals surface area contributed by atoms with E-state index in [0.29, 0.717) is 10.8 Å². The second-order valence-electron chi connectivity index (χ2n) is 5.83. The number of rotatable bonds is 1. The molecule has 0 bridgehead atoms. The smallest absolute Gasteiger partial charge is 0.128 e. The van der Waals surface area contributed by atoms with Crippen molar-refractivity contribution < 1.29 is 0 Å². The number of aromatic nitrogens is 1. The molecule has 0 aliphatic carbocycles. The minimum absolute atomic E-state index is 0.149. The number of pyridine rings is 1. The Morgan fingerprint density at radius 3 is 2.16 bits per heavy atom. The van der Waals surface area contributed by atoms with Crippen LogP contribution in [0, 0.1) is 6.92 Å². The van der Waals surface area contributed by atoms with Gasteiger partial charge < -0.3 is 5.73 Å². The normalized spacial score (nSPS) is 11.6. The maximum atomic E-state index is 6.15. The second-order valence-corrected chi connectivity index (χ2v) is 6.23. The van der Waals surface area contributed by atoms with Crippen molar-refractivity contribution >= 4 is 17.4 Å². The Hall–Kier alpha value is -1.54. The summed E-state index contributed by atoms with van der Waals surface area (Å²) in [6.07, 6.45) is 0. The molecule has 2 N–H and O–H groups in total. The van der Waals surface area contributed by atoms with Gasteiger partial charge in [0.25, 0.3) is 0 Å². The third kappa shape index (κ3) is 2.90. The van der Waals surface area contributed by atoms with Gasteiger partial charge in [0.15, 0.2) is 0 Å². The average molecular weight is 275 g/mol. The highest BCUT2D eigenvalue weighted by molar-refractivity contribution is 6.31. The molecule has 0 unspecified atom stereocenters. The number of nitrogens with two attached hydrogens (primary N) is 1. The fourth-order valence-corrected chi connectivity index (χ4v) is 2.09. The lowest BCUT2D eigenvalue weighted by Crippen LogP contribution is -2.10. The minimum Gasteiger partial charge on any atom is -0.383 e. The Labute approximate surface area is 119 Å². The minimum atomic E-state index is 0.149. The van der Waals surface area contributed by atoms with E-state index in [-0.39, 0.29) is 5.41 Å². The van der Waals surface area contributed by atoms with Gasteiger partial charge in [-0.1, -0.05) is 56.6 Å². The molecule has 0 amide bonds. The number of anilines is 1. The third-order valence-corrected chi connectivity index (χ3v) is 3.69. The van der Waals surface area contributed by atoms with Crippen molar-refractivity contribution in [2.24, 2.45) is 0 Å². The molecule has 0 spiro atoms. The van der Waals surface area contributed by atoms with E-state index in [4.69, 9.17) is 17.3 Å². The molecule has 2 nitrogen and oxygen atoms in total. The van der Waals surface area contributed by atoms with Crippen molar-refractivity contribution in [1.82, 2.24) is 4.98 Å². The van der Waals surface area contributed by atoms with E-state index in [0.717, 1.165) is 16.8 Å². The highest BCUT2D eigenvalue weighted by Gasteiger charge is 2.13. The van der Waals surface area contributed by atoms with E-state index < -0.39 is 0 Å². The maximum Gasteiger partial charge on any atom is 0.128 e. The number of hydrogen-bond acceptors (Lipinski definition) is 2. The van der Waals surface area contributed by atoms with Gasteiger partial charge in [-0.2, -0.15) is 0 Å². The van der Waals surface area contributed by atoms with Gasteiger partial charge in [0.1, 0.15) is 5.82 Å². The van der Waals surface area contributed by atoms with E-state index in [2.05, 4.69) is 50.0 Å². The first kappa shape index (κ1) is 13.9. The van der Waals surface area contributed by atoms with Crippen molar-refractivity contribution in [2.45, 2.75) is 33.1 Å². The van der Waals surface area contributed by atoms with E-state index in [9.17, 15) is 0 Å². The Balaban J connectivity index is 2.43. The average Bonchev–Trinajstić information content (AvgIpc) is 2.34. The first-order valence-electron chi connectivity index (χ1n) is 6.32. The summed E-state index contributed by atoms with van der Waals surface area (Å²) in [5, 5.41) is 0.655. The molecule has 2 aromatic rings. The van der Waals surface area contributed by atoms with Crippen LogP contribution in [0.15, 0.2) is 30.3 Å². The molecule has 1 heterocycles. The Bertz CT molecular complexity index is 572. The lowest BCUT2D eigenvalue weighted by molar-refractivity contribution is 0.590. The summed E-state index contributed by atoms with van der Waals surface area (Å²) in [6, 6.07) is 10.2. The predicted molar refractivity (Wildman–Crippen MR) is 82.5 cm³/mol. The summed E-state index contributed by atoms with van der Waals surface area (Å²) in [5.41, 5.74) is 9.98. The van der Waals surface area contributed by atoms with E-state index >= 15 is 0 Å². The van der Waals surface area contributed by atoms with Crippen molar-refractivity contribution in [3.63, 3.8) is 0 Å². The molecule has 0 aliphatic rings. The van der Waals surface area contributed by atoms with Gasteiger partial charge in [0.05, 0.1) is 5.69 Å². The molecule has 0 saturated heterocycles. The SMILES string of the molecule is Cc1c(Cl)cc(-c2ccc(C(C)(C)C)cc2)nc1N. The standard InChI is InChI=1S/C16H19ClN2/c1-10-13(17)9-14(19-15(10)18)11-5-7-12(8-6-11)16(2,3)4/h5-9H,1-4H3,(H2,18,19). The number of halogens is 1. The number of nitrogen functional groups attached to an aromatic ring is 1. The van der Waals surface area contributed by atoms with Crippen molar-refractivity contribution in [3.8, 4) is 11.3 Å². The van der Waals surface area contributed by atoms with Crippen LogP contribution in [0.4, 0.5) is 5.82 Å². The van der Waals surface area contributed by atoms with Crippen LogP contribution in [0.2, 0.25) is 5.02 Å². The largest absolute Gasteiger partial charge is 0.383 e. The summed E-state index contributed by atoms with van der Waals surface area (Å²) in [6.45, 7) is 8.46. The third-order valence-electron chi connectivity index (χ3n) is 3.29. The Kier molecular flexibility index (Phi) is 3.55. The summed E-state index contributed by atoms with van der Waals surface area (Å²) < 4.78 is 0. The molecule has 100 valence electrons. The zero-order chi connectivity index (χ0) is 14.2. The molecular formula is C16H19ClN2. The number of nitrogens with zero attached hydrogens (tertiary/aromatic N) is 1. The fraction of sp³-hybridized carbons (Fsp3) is 0.312. The lowest BCUT2D eigenvalue weighted by atomic mass is 9.86. The van der Waals surface area contributed by atoms with Crippen molar-refractivity contribution in [3.05, 3.63) is 46.5 Å². The zero-order valence-corrected chi connectivity index (χ0v) is 12.5. The van der Waals surface area contributed by atoms with Crippen LogP contribution in [0.1, 0.15) is 31.9 Å². The molecule has 0 atom stereocenters. The van der Waals surface area contributed by atoms with E-state index in [1.165, 1.54) is 5.56 Å². The first-order chi connectivity index (χ1) is 8.79. The number of benzene rings is 1. The lowest BCUT2D eigenvalue weighted by Gasteiger charge is -2.19. The molecule has 3 heteroatoms. The highest BCUT2D eigenvalue weighted by Crippen LogP contribution is 2.29. The molecule has 0 radical (unpaired) electrons. The molecule has 0 saturated carbocycles. The van der Waals surface area contributed by atoms with Gasteiger partial charge in [-0.3, -0.25) is 0 Å². The van der Waals surface area contributed by atoms with Gasteiger partial charge in [0.2, 0.25) is 0 Å². The second kappa shape index (κ2) is 4.86. The zero-order valence-electron chi connectivity index (χ0n) is 11.8. The molecule has 2 rings (SSSR count). The fourth-order valence-electron chi connectivity index (χ4n) is 1.89. The molecule has 1 aromatic carbocycles. The van der Waals surface area contributed by atoms with E-state index in [1.54, 1.807) is 0 Å². The van der Waals surface area contributed by atoms with Crippen LogP contribution in [-0.2, 0) is 5.41 Å². The van der Waals surface area contributed by atoms with Crippen LogP contribution in [-0.4, -0.2) is 4.98 Å². The topological polar surface area (TPSA) is 38.9 Å². The van der Waals surface area contributed by atoms with Crippen LogP contribution in [0.25, 0.3) is 11.3 Å². The summed E-state index contributed by atoms with van der Waals surface area (Å²) in [7, 11) is 0. The van der Waals surface area contributed by atoms with Gasteiger partial charge in [-0.25, -0.2) is 4.98 Å². The predicted octanol–water partition coefficient (Wildman–Crippen LogP) is 4.59. The van der Waals surface area contributed by atoms with Gasteiger partial charge in [-0.15, -0.1) is 0 Å². The summed E-state index contributed by atoms with van der Waals surface area (Å²) in [5.74, 6) is 0.488. The molecule has 1 aromatic heterocycles. The van der Waals surface area contributed by atoms with Crippen LogP contribution < -0.4 is 5.73 Å². The van der Waals surface area contributed by atoms with Crippen LogP contribution >= 0.6 is 11.6 Å². The monoisotopic (exact) mass is 274 g/mol. The van der Waals surface area contributed by atoms with Gasteiger partial charge in [0, 0.05) is 16.1 Å².